The van der Waals surface area contributed by atoms with Gasteiger partial charge < -0.3 is 10.4 Å². The van der Waals surface area contributed by atoms with Crippen LogP contribution in [0.5, 0.6) is 0 Å². The zero-order valence-electron chi connectivity index (χ0n) is 9.74. The Morgan fingerprint density at radius 2 is 2.32 bits per heavy atom. The second-order valence-corrected chi connectivity index (χ2v) is 6.32. The summed E-state index contributed by atoms with van der Waals surface area (Å²) in [4.78, 5) is 13.0. The number of nitrogens with one attached hydrogen (secondary N) is 1. The summed E-state index contributed by atoms with van der Waals surface area (Å²) in [6, 6.07) is 1.83. The highest BCUT2D eigenvalue weighted by Crippen LogP contribution is 2.39. The van der Waals surface area contributed by atoms with Crippen LogP contribution < -0.4 is 5.32 Å². The molecular formula is C11H12F3NO2S2. The van der Waals surface area contributed by atoms with Crippen LogP contribution in [-0.2, 0) is 11.2 Å². The molecule has 0 bridgehead atoms. The van der Waals surface area contributed by atoms with Gasteiger partial charge in [-0.15, -0.1) is 23.1 Å². The first kappa shape index (κ1) is 14.7. The molecule has 106 valence electrons. The Morgan fingerprint density at radius 1 is 1.58 bits per heavy atom. The molecule has 3 nitrogen and oxygen atoms in total. The first-order chi connectivity index (χ1) is 8.89. The van der Waals surface area contributed by atoms with E-state index < -0.39 is 30.0 Å². The van der Waals surface area contributed by atoms with E-state index in [1.54, 1.807) is 11.3 Å². The number of halogens is 3. The zero-order chi connectivity index (χ0) is 14.0. The van der Waals surface area contributed by atoms with Crippen molar-refractivity contribution in [2.75, 3.05) is 12.3 Å². The molecule has 8 heteroatoms. The predicted octanol–water partition coefficient (Wildman–Crippen LogP) is 2.12. The van der Waals surface area contributed by atoms with E-state index in [1.165, 1.54) is 11.8 Å². The fourth-order valence-corrected chi connectivity index (χ4v) is 4.09. The summed E-state index contributed by atoms with van der Waals surface area (Å²) in [7, 11) is 0. The Labute approximate surface area is 116 Å². The third-order valence-corrected chi connectivity index (χ3v) is 5.00. The Bertz CT molecular complexity index is 461. The summed E-state index contributed by atoms with van der Waals surface area (Å²) in [5.74, 6) is 0.292. The Hall–Kier alpha value is -0.730. The number of aryl methyl sites for hydroxylation is 1. The number of hydrogen-bond donors (Lipinski definition) is 2. The van der Waals surface area contributed by atoms with E-state index in [4.69, 9.17) is 5.11 Å². The minimum Gasteiger partial charge on any atom is -0.382 e. The van der Waals surface area contributed by atoms with Crippen molar-refractivity contribution in [1.29, 1.82) is 0 Å². The average Bonchev–Trinajstić information content (AvgIpc) is 2.82. The van der Waals surface area contributed by atoms with E-state index in [2.05, 4.69) is 5.32 Å². The van der Waals surface area contributed by atoms with Crippen molar-refractivity contribution in [3.63, 3.8) is 0 Å². The molecule has 0 aromatic carbocycles. The molecule has 0 unspecified atom stereocenters. The van der Waals surface area contributed by atoms with Crippen molar-refractivity contribution in [2.45, 2.75) is 24.0 Å². The standard InChI is InChI=1S/C11H12F3NO2S2/c12-11(13,14)8(16)5-15-10(17)9-6-1-3-18-7(6)2-4-19-9/h1,3,8-9,16H,2,4-5H2,(H,15,17)/t8-,9-/m0/s1. The number of amides is 1. The van der Waals surface area contributed by atoms with Gasteiger partial charge in [-0.1, -0.05) is 0 Å². The first-order valence-electron chi connectivity index (χ1n) is 5.60. The van der Waals surface area contributed by atoms with Crippen LogP contribution in [0, 0.1) is 0 Å². The van der Waals surface area contributed by atoms with Crippen LogP contribution >= 0.6 is 23.1 Å². The normalized spacial score (nSPS) is 20.7. The number of thiophene rings is 1. The summed E-state index contributed by atoms with van der Waals surface area (Å²) >= 11 is 2.96. The number of carbonyl (C=O) groups excluding carboxylic acids is 1. The topological polar surface area (TPSA) is 49.3 Å². The summed E-state index contributed by atoms with van der Waals surface area (Å²) in [6.45, 7) is -0.807. The van der Waals surface area contributed by atoms with Crippen molar-refractivity contribution < 1.29 is 23.1 Å². The average molecular weight is 311 g/mol. The fourth-order valence-electron chi connectivity index (χ4n) is 1.77. The third-order valence-electron chi connectivity index (χ3n) is 2.76. The van der Waals surface area contributed by atoms with E-state index in [0.29, 0.717) is 0 Å². The number of carbonyl (C=O) groups is 1. The molecule has 1 aromatic rings. The van der Waals surface area contributed by atoms with E-state index >= 15 is 0 Å². The molecule has 2 atom stereocenters. The van der Waals surface area contributed by atoms with Gasteiger partial charge in [-0.25, -0.2) is 0 Å². The highest BCUT2D eigenvalue weighted by atomic mass is 32.2. The van der Waals surface area contributed by atoms with Gasteiger partial charge in [0.1, 0.15) is 5.25 Å². The molecule has 0 saturated carbocycles. The molecule has 0 saturated heterocycles. The molecule has 2 heterocycles. The van der Waals surface area contributed by atoms with Crippen LogP contribution in [0.1, 0.15) is 15.7 Å². The van der Waals surface area contributed by atoms with Gasteiger partial charge in [0.2, 0.25) is 5.91 Å². The Balaban J connectivity index is 1.95. The lowest BCUT2D eigenvalue weighted by molar-refractivity contribution is -0.201. The van der Waals surface area contributed by atoms with E-state index in [9.17, 15) is 18.0 Å². The highest BCUT2D eigenvalue weighted by Gasteiger charge is 2.39. The molecule has 0 fully saturated rings. The smallest absolute Gasteiger partial charge is 0.382 e. The molecule has 0 aliphatic carbocycles. The molecular weight excluding hydrogens is 299 g/mol. The minimum absolute atomic E-state index is 0.476. The van der Waals surface area contributed by atoms with Crippen molar-refractivity contribution in [3.8, 4) is 0 Å². The lowest BCUT2D eigenvalue weighted by Gasteiger charge is -2.22. The van der Waals surface area contributed by atoms with E-state index in [0.717, 1.165) is 22.6 Å². The number of rotatable bonds is 3. The maximum atomic E-state index is 12.1. The summed E-state index contributed by atoms with van der Waals surface area (Å²) in [5, 5.41) is 12.4. The van der Waals surface area contributed by atoms with Gasteiger partial charge in [0.05, 0.1) is 6.54 Å². The number of hydrogen-bond acceptors (Lipinski definition) is 4. The highest BCUT2D eigenvalue weighted by molar-refractivity contribution is 8.00. The molecule has 2 rings (SSSR count). The summed E-state index contributed by atoms with van der Waals surface area (Å²) in [6.07, 6.45) is -6.35. The Kier molecular flexibility index (Phi) is 4.42. The maximum absolute atomic E-state index is 12.1. The first-order valence-corrected chi connectivity index (χ1v) is 7.53. The predicted molar refractivity (Wildman–Crippen MR) is 68.3 cm³/mol. The largest absolute Gasteiger partial charge is 0.416 e. The van der Waals surface area contributed by atoms with Gasteiger partial charge in [0.25, 0.3) is 0 Å². The molecule has 0 spiro atoms. The molecule has 1 amide bonds. The lowest BCUT2D eigenvalue weighted by atomic mass is 10.1. The van der Waals surface area contributed by atoms with Gasteiger partial charge in [-0.3, -0.25) is 4.79 Å². The summed E-state index contributed by atoms with van der Waals surface area (Å²) < 4.78 is 36.4. The number of aliphatic hydroxyl groups is 1. The fraction of sp³-hybridized carbons (Fsp3) is 0.545. The molecule has 1 aliphatic heterocycles. The monoisotopic (exact) mass is 311 g/mol. The van der Waals surface area contributed by atoms with Gasteiger partial charge >= 0.3 is 6.18 Å². The molecule has 1 aromatic heterocycles. The molecule has 19 heavy (non-hydrogen) atoms. The van der Waals surface area contributed by atoms with Crippen molar-refractivity contribution in [3.05, 3.63) is 21.9 Å². The van der Waals surface area contributed by atoms with E-state index in [1.807, 2.05) is 11.4 Å². The van der Waals surface area contributed by atoms with Crippen LogP contribution in [0.2, 0.25) is 0 Å². The van der Waals surface area contributed by atoms with Crippen molar-refractivity contribution in [2.24, 2.45) is 0 Å². The number of alkyl halides is 3. The van der Waals surface area contributed by atoms with E-state index in [-0.39, 0.29) is 0 Å². The van der Waals surface area contributed by atoms with Gasteiger partial charge in [0, 0.05) is 4.88 Å². The minimum atomic E-state index is -4.71. The quantitative estimate of drug-likeness (QED) is 0.899. The molecule has 1 aliphatic rings. The Morgan fingerprint density at radius 3 is 3.00 bits per heavy atom. The van der Waals surface area contributed by atoms with Gasteiger partial charge in [-0.05, 0) is 29.2 Å². The van der Waals surface area contributed by atoms with Crippen LogP contribution in [0.3, 0.4) is 0 Å². The van der Waals surface area contributed by atoms with Crippen LogP contribution in [0.15, 0.2) is 11.4 Å². The van der Waals surface area contributed by atoms with Gasteiger partial charge in [0.15, 0.2) is 6.10 Å². The van der Waals surface area contributed by atoms with Crippen LogP contribution in [-0.4, -0.2) is 35.6 Å². The van der Waals surface area contributed by atoms with Crippen molar-refractivity contribution >= 4 is 29.0 Å². The molecule has 0 radical (unpaired) electrons. The number of aliphatic hydroxyl groups excluding tert-OH is 1. The number of thioether (sulfide) groups is 1. The number of fused-ring (bicyclic) bond motifs is 1. The third kappa shape index (κ3) is 3.43. The molecule has 2 N–H and O–H groups in total. The van der Waals surface area contributed by atoms with Gasteiger partial charge in [-0.2, -0.15) is 13.2 Å². The maximum Gasteiger partial charge on any atom is 0.416 e. The van der Waals surface area contributed by atoms with Crippen LogP contribution in [0.4, 0.5) is 13.2 Å². The zero-order valence-corrected chi connectivity index (χ0v) is 11.4. The lowest BCUT2D eigenvalue weighted by Crippen LogP contribution is -2.42. The van der Waals surface area contributed by atoms with Crippen molar-refractivity contribution in [1.82, 2.24) is 5.32 Å². The second kappa shape index (κ2) is 5.72. The second-order valence-electron chi connectivity index (χ2n) is 4.10. The van der Waals surface area contributed by atoms with Crippen LogP contribution in [0.25, 0.3) is 0 Å². The SMILES string of the molecule is O=C(NC[C@H](O)C(F)(F)F)[C@H]1SCCc2sccc21. The summed E-state index contributed by atoms with van der Waals surface area (Å²) in [5.41, 5.74) is 0.875.